The lowest BCUT2D eigenvalue weighted by Crippen LogP contribution is -2.36. The summed E-state index contributed by atoms with van der Waals surface area (Å²) in [5, 5.41) is 20.3. The average Bonchev–Trinajstić information content (AvgIpc) is 2.95. The van der Waals surface area contributed by atoms with Gasteiger partial charge in [0.2, 0.25) is 0 Å². The maximum Gasteiger partial charge on any atom is 0.117 e. The molecule has 1 saturated heterocycles. The van der Waals surface area contributed by atoms with E-state index < -0.39 is 0 Å². The van der Waals surface area contributed by atoms with Gasteiger partial charge in [-0.1, -0.05) is 30.7 Å². The standard InChI is InChI=1S/C33H43N3O2/c1-3-36(24-25-7-12-29(13-8-25)34(2)19-20-35-17-5-4-6-18-35)33-23-31(38)15-16-32(33)28-10-9-27-22-30(37)14-11-26(27)21-28/h7-8,11-16,22-23,28,37-38H,3-6,9-10,17-21,24H2,1-2H3. The second-order valence-corrected chi connectivity index (χ2v) is 11.1. The van der Waals surface area contributed by atoms with Gasteiger partial charge < -0.3 is 24.9 Å². The number of benzene rings is 3. The van der Waals surface area contributed by atoms with Crippen molar-refractivity contribution < 1.29 is 10.2 Å². The summed E-state index contributed by atoms with van der Waals surface area (Å²) in [6.07, 6.45) is 7.03. The lowest BCUT2D eigenvalue weighted by molar-refractivity contribution is 0.234. The number of nitrogens with zero attached hydrogens (tertiary/aromatic N) is 3. The van der Waals surface area contributed by atoms with Gasteiger partial charge >= 0.3 is 0 Å². The van der Waals surface area contributed by atoms with Crippen LogP contribution in [-0.4, -0.2) is 54.9 Å². The van der Waals surface area contributed by atoms with Gasteiger partial charge in [0.15, 0.2) is 0 Å². The molecule has 0 aromatic heterocycles. The highest BCUT2D eigenvalue weighted by atomic mass is 16.3. The predicted molar refractivity (Wildman–Crippen MR) is 158 cm³/mol. The zero-order chi connectivity index (χ0) is 26.5. The Morgan fingerprint density at radius 3 is 2.37 bits per heavy atom. The van der Waals surface area contributed by atoms with Crippen LogP contribution in [0.1, 0.15) is 60.8 Å². The summed E-state index contributed by atoms with van der Waals surface area (Å²) < 4.78 is 0. The van der Waals surface area contributed by atoms with Crippen molar-refractivity contribution in [1.29, 1.82) is 0 Å². The molecule has 0 spiro atoms. The molecule has 0 radical (unpaired) electrons. The molecular formula is C33H43N3O2. The van der Waals surface area contributed by atoms with Crippen LogP contribution in [0.2, 0.25) is 0 Å². The Balaban J connectivity index is 1.27. The zero-order valence-corrected chi connectivity index (χ0v) is 23.1. The molecular weight excluding hydrogens is 470 g/mol. The minimum absolute atomic E-state index is 0.314. The SMILES string of the molecule is CCN(Cc1ccc(N(C)CCN2CCCCC2)cc1)c1cc(O)ccc1C1CCc2cc(O)ccc2C1. The molecule has 202 valence electrons. The summed E-state index contributed by atoms with van der Waals surface area (Å²) in [5.41, 5.74) is 7.55. The van der Waals surface area contributed by atoms with Gasteiger partial charge in [-0.2, -0.15) is 0 Å². The summed E-state index contributed by atoms with van der Waals surface area (Å²) in [6, 6.07) is 20.7. The summed E-state index contributed by atoms with van der Waals surface area (Å²) in [6.45, 7) is 8.54. The smallest absolute Gasteiger partial charge is 0.117 e. The number of likely N-dealkylation sites (tertiary alicyclic amines) is 1. The molecule has 3 aromatic rings. The Morgan fingerprint density at radius 2 is 1.61 bits per heavy atom. The second-order valence-electron chi connectivity index (χ2n) is 11.1. The fraction of sp³-hybridized carbons (Fsp3) is 0.455. The monoisotopic (exact) mass is 513 g/mol. The molecule has 0 amide bonds. The number of likely N-dealkylation sites (N-methyl/N-ethyl adjacent to an activating group) is 1. The lowest BCUT2D eigenvalue weighted by Gasteiger charge is -2.32. The van der Waals surface area contributed by atoms with E-state index in [1.807, 2.05) is 18.2 Å². The van der Waals surface area contributed by atoms with Crippen molar-refractivity contribution in [3.8, 4) is 11.5 Å². The molecule has 38 heavy (non-hydrogen) atoms. The van der Waals surface area contributed by atoms with E-state index in [0.29, 0.717) is 17.4 Å². The third-order valence-corrected chi connectivity index (χ3v) is 8.55. The van der Waals surface area contributed by atoms with Crippen LogP contribution in [0.5, 0.6) is 11.5 Å². The van der Waals surface area contributed by atoms with E-state index >= 15 is 0 Å². The van der Waals surface area contributed by atoms with Crippen molar-refractivity contribution in [2.45, 2.75) is 57.9 Å². The van der Waals surface area contributed by atoms with Gasteiger partial charge in [0.25, 0.3) is 0 Å². The summed E-state index contributed by atoms with van der Waals surface area (Å²) in [4.78, 5) is 7.34. The molecule has 5 rings (SSSR count). The van der Waals surface area contributed by atoms with Crippen LogP contribution < -0.4 is 9.80 Å². The highest BCUT2D eigenvalue weighted by Crippen LogP contribution is 2.40. The number of rotatable bonds is 9. The molecule has 2 N–H and O–H groups in total. The van der Waals surface area contributed by atoms with Crippen LogP contribution >= 0.6 is 0 Å². The molecule has 1 aliphatic carbocycles. The van der Waals surface area contributed by atoms with Gasteiger partial charge in [0, 0.05) is 50.7 Å². The molecule has 2 aliphatic rings. The minimum atomic E-state index is 0.314. The minimum Gasteiger partial charge on any atom is -0.508 e. The average molecular weight is 514 g/mol. The van der Waals surface area contributed by atoms with Crippen LogP contribution in [0, 0.1) is 0 Å². The largest absolute Gasteiger partial charge is 0.508 e. The van der Waals surface area contributed by atoms with Crippen molar-refractivity contribution >= 4 is 11.4 Å². The van der Waals surface area contributed by atoms with Crippen molar-refractivity contribution in [3.05, 3.63) is 82.9 Å². The summed E-state index contributed by atoms with van der Waals surface area (Å²) in [7, 11) is 2.19. The number of aryl methyl sites for hydroxylation is 1. The second kappa shape index (κ2) is 12.1. The first kappa shape index (κ1) is 26.4. The fourth-order valence-corrected chi connectivity index (χ4v) is 6.21. The van der Waals surface area contributed by atoms with E-state index in [-0.39, 0.29) is 0 Å². The fourth-order valence-electron chi connectivity index (χ4n) is 6.21. The first-order valence-corrected chi connectivity index (χ1v) is 14.4. The van der Waals surface area contributed by atoms with Crippen molar-refractivity contribution in [2.75, 3.05) is 49.6 Å². The Labute approximate surface area is 228 Å². The molecule has 1 fully saturated rings. The van der Waals surface area contributed by atoms with Gasteiger partial charge in [-0.05, 0) is 111 Å². The quantitative estimate of drug-likeness (QED) is 0.351. The topological polar surface area (TPSA) is 50.2 Å². The lowest BCUT2D eigenvalue weighted by atomic mass is 9.79. The third-order valence-electron chi connectivity index (χ3n) is 8.55. The highest BCUT2D eigenvalue weighted by molar-refractivity contribution is 5.60. The zero-order valence-electron chi connectivity index (χ0n) is 23.1. The number of fused-ring (bicyclic) bond motifs is 1. The molecule has 1 unspecified atom stereocenters. The number of aromatic hydroxyl groups is 2. The Kier molecular flexibility index (Phi) is 8.43. The van der Waals surface area contributed by atoms with Crippen molar-refractivity contribution in [2.24, 2.45) is 0 Å². The Morgan fingerprint density at radius 1 is 0.868 bits per heavy atom. The van der Waals surface area contributed by atoms with Crippen LogP contribution in [-0.2, 0) is 19.4 Å². The molecule has 1 aliphatic heterocycles. The molecule has 0 bridgehead atoms. The summed E-state index contributed by atoms with van der Waals surface area (Å²) in [5.74, 6) is 1.06. The number of hydrogen-bond donors (Lipinski definition) is 2. The normalized spacial score (nSPS) is 17.7. The number of phenols is 2. The molecule has 1 heterocycles. The van der Waals surface area contributed by atoms with Crippen molar-refractivity contribution in [1.82, 2.24) is 4.90 Å². The van der Waals surface area contributed by atoms with E-state index in [0.717, 1.165) is 51.1 Å². The van der Waals surface area contributed by atoms with Gasteiger partial charge in [-0.3, -0.25) is 0 Å². The molecule has 3 aromatic carbocycles. The maximum atomic E-state index is 10.4. The van der Waals surface area contributed by atoms with E-state index in [1.54, 1.807) is 6.07 Å². The van der Waals surface area contributed by atoms with Crippen LogP contribution in [0.3, 0.4) is 0 Å². The van der Waals surface area contributed by atoms with E-state index in [4.69, 9.17) is 0 Å². The molecule has 5 heteroatoms. The highest BCUT2D eigenvalue weighted by Gasteiger charge is 2.24. The number of piperidine rings is 1. The third kappa shape index (κ3) is 6.27. The van der Waals surface area contributed by atoms with Gasteiger partial charge in [-0.25, -0.2) is 0 Å². The van der Waals surface area contributed by atoms with Gasteiger partial charge in [-0.15, -0.1) is 0 Å². The van der Waals surface area contributed by atoms with Crippen molar-refractivity contribution in [3.63, 3.8) is 0 Å². The van der Waals surface area contributed by atoms with Crippen LogP contribution in [0.15, 0.2) is 60.7 Å². The summed E-state index contributed by atoms with van der Waals surface area (Å²) >= 11 is 0. The van der Waals surface area contributed by atoms with E-state index in [9.17, 15) is 10.2 Å². The molecule has 5 nitrogen and oxygen atoms in total. The predicted octanol–water partition coefficient (Wildman–Crippen LogP) is 6.32. The Bertz CT molecular complexity index is 1200. The first-order valence-electron chi connectivity index (χ1n) is 14.4. The first-order chi connectivity index (χ1) is 18.5. The Hall–Kier alpha value is -3.18. The van der Waals surface area contributed by atoms with Gasteiger partial charge in [0.05, 0.1) is 0 Å². The number of anilines is 2. The molecule has 0 saturated carbocycles. The number of hydrogen-bond acceptors (Lipinski definition) is 5. The van der Waals surface area contributed by atoms with Crippen LogP contribution in [0.25, 0.3) is 0 Å². The number of phenolic OH excluding ortho intramolecular Hbond substituents is 2. The van der Waals surface area contributed by atoms with Gasteiger partial charge in [0.1, 0.15) is 11.5 Å². The molecule has 1 atom stereocenters. The van der Waals surface area contributed by atoms with E-state index in [1.165, 1.54) is 60.3 Å². The van der Waals surface area contributed by atoms with Crippen LogP contribution in [0.4, 0.5) is 11.4 Å². The maximum absolute atomic E-state index is 10.4. The van der Waals surface area contributed by atoms with E-state index in [2.05, 4.69) is 65.1 Å².